The number of fused-ring (bicyclic) bond motifs is 1. The molecule has 6 heteroatoms. The second-order valence-electron chi connectivity index (χ2n) is 6.59. The lowest BCUT2D eigenvalue weighted by atomic mass is 10.0. The maximum atomic E-state index is 5.92. The predicted octanol–water partition coefficient (Wildman–Crippen LogP) is 3.80. The summed E-state index contributed by atoms with van der Waals surface area (Å²) >= 11 is 0. The van der Waals surface area contributed by atoms with Crippen molar-refractivity contribution in [1.29, 1.82) is 0 Å². The molecule has 1 heterocycles. The third-order valence-electron chi connectivity index (χ3n) is 4.36. The summed E-state index contributed by atoms with van der Waals surface area (Å²) in [6.07, 6.45) is 2.02. The van der Waals surface area contributed by atoms with Gasteiger partial charge in [0.15, 0.2) is 5.82 Å². The van der Waals surface area contributed by atoms with Crippen LogP contribution < -0.4 is 11.5 Å². The van der Waals surface area contributed by atoms with Gasteiger partial charge in [0.25, 0.3) is 0 Å². The number of nitrogens with two attached hydrogens (primary N) is 2. The number of nitrogens with zero attached hydrogens (tertiary/aromatic N) is 4. The lowest BCUT2D eigenvalue weighted by Crippen LogP contribution is -2.22. The second-order valence-corrected chi connectivity index (χ2v) is 6.59. The molecule has 132 valence electrons. The topological polar surface area (TPSA) is 104 Å². The second kappa shape index (κ2) is 6.72. The van der Waals surface area contributed by atoms with Crippen molar-refractivity contribution < 1.29 is 0 Å². The van der Waals surface area contributed by atoms with Crippen LogP contribution in [0, 0.1) is 0 Å². The van der Waals surface area contributed by atoms with Crippen LogP contribution in [-0.4, -0.2) is 22.1 Å². The van der Waals surface area contributed by atoms with Crippen LogP contribution in [0.2, 0.25) is 0 Å². The molecule has 4 rings (SSSR count). The number of para-hydroxylation sites is 1. The lowest BCUT2D eigenvalue weighted by Gasteiger charge is -2.17. The Labute approximate surface area is 152 Å². The van der Waals surface area contributed by atoms with Crippen molar-refractivity contribution in [3.8, 4) is 11.4 Å². The van der Waals surface area contributed by atoms with Crippen LogP contribution in [0.15, 0.2) is 53.5 Å². The van der Waals surface area contributed by atoms with Gasteiger partial charge in [-0.15, -0.1) is 0 Å². The van der Waals surface area contributed by atoms with Crippen LogP contribution in [0.5, 0.6) is 0 Å². The van der Waals surface area contributed by atoms with Gasteiger partial charge in [-0.3, -0.25) is 0 Å². The van der Waals surface area contributed by atoms with E-state index in [4.69, 9.17) is 21.4 Å². The molecule has 1 aromatic heterocycles. The minimum Gasteiger partial charge on any atom is -0.453 e. The zero-order chi connectivity index (χ0) is 18.1. The van der Waals surface area contributed by atoms with E-state index in [1.807, 2.05) is 30.3 Å². The van der Waals surface area contributed by atoms with Gasteiger partial charge in [0.1, 0.15) is 0 Å². The first-order chi connectivity index (χ1) is 12.6. The van der Waals surface area contributed by atoms with Crippen molar-refractivity contribution in [2.24, 2.45) is 16.5 Å². The van der Waals surface area contributed by atoms with Crippen molar-refractivity contribution in [2.75, 3.05) is 0 Å². The fraction of sp³-hybridized carbons (Fsp3) is 0.250. The van der Waals surface area contributed by atoms with E-state index in [0.29, 0.717) is 17.6 Å². The summed E-state index contributed by atoms with van der Waals surface area (Å²) in [5.74, 6) is 1.90. The molecule has 0 amide bonds. The van der Waals surface area contributed by atoms with Gasteiger partial charge in [0, 0.05) is 23.1 Å². The fourth-order valence-electron chi connectivity index (χ4n) is 3.06. The minimum atomic E-state index is -0.415. The first-order valence-electron chi connectivity index (χ1n) is 8.78. The van der Waals surface area contributed by atoms with Crippen molar-refractivity contribution in [3.05, 3.63) is 59.4 Å². The highest BCUT2D eigenvalue weighted by Crippen LogP contribution is 2.44. The van der Waals surface area contributed by atoms with Gasteiger partial charge >= 0.3 is 0 Å². The van der Waals surface area contributed by atoms with Crippen LogP contribution in [0.1, 0.15) is 31.2 Å². The molecular weight excluding hydrogens is 324 g/mol. The molecule has 1 saturated carbocycles. The molecule has 26 heavy (non-hydrogen) atoms. The molecule has 0 aliphatic heterocycles. The fourth-order valence-corrected chi connectivity index (χ4v) is 3.06. The Hall–Kier alpha value is -2.99. The Kier molecular flexibility index (Phi) is 4.26. The molecule has 0 radical (unpaired) electrons. The lowest BCUT2D eigenvalue weighted by molar-refractivity contribution is 0.901. The highest BCUT2D eigenvalue weighted by atomic mass is 15.2. The van der Waals surface area contributed by atoms with Crippen LogP contribution in [0.25, 0.3) is 27.6 Å². The standard InChI is InChI=1S/C20H21N6/c1-12(21)23-20(22)26-19-16-8-4-5-9-17(16)24-18(25-19)15-7-3-2-6-14(15)13-10-11-13/h2-9,12-13H,10-11,21H2,1H3,(H2-,22,23,24,25,26)/q-1. The number of aromatic nitrogens is 2. The number of hydrogen-bond donors (Lipinski definition) is 2. The van der Waals surface area contributed by atoms with Crippen LogP contribution in [0.4, 0.5) is 5.82 Å². The number of aliphatic imine (C=N–C) groups is 1. The van der Waals surface area contributed by atoms with Crippen molar-refractivity contribution in [1.82, 2.24) is 9.97 Å². The Bertz CT molecular complexity index is 975. The van der Waals surface area contributed by atoms with Gasteiger partial charge in [-0.1, -0.05) is 42.5 Å². The summed E-state index contributed by atoms with van der Waals surface area (Å²) in [7, 11) is 0. The quantitative estimate of drug-likeness (QED) is 0.554. The summed E-state index contributed by atoms with van der Waals surface area (Å²) in [6, 6.07) is 16.1. The third-order valence-corrected chi connectivity index (χ3v) is 4.36. The van der Waals surface area contributed by atoms with E-state index in [-0.39, 0.29) is 5.96 Å². The van der Waals surface area contributed by atoms with Crippen molar-refractivity contribution in [3.63, 3.8) is 0 Å². The highest BCUT2D eigenvalue weighted by molar-refractivity contribution is 5.97. The number of rotatable bonds is 4. The Morgan fingerprint density at radius 2 is 1.85 bits per heavy atom. The van der Waals surface area contributed by atoms with E-state index >= 15 is 0 Å². The SMILES string of the molecule is CC(N)[N-]C(N)=Nc1nc(-c2ccccc2C2CC2)nc2ccccc12. The first kappa shape index (κ1) is 16.5. The van der Waals surface area contributed by atoms with Gasteiger partial charge in [0.2, 0.25) is 0 Å². The summed E-state index contributed by atoms with van der Waals surface area (Å²) in [6.45, 7) is 1.75. The molecule has 3 aromatic rings. The van der Waals surface area contributed by atoms with E-state index in [9.17, 15) is 0 Å². The zero-order valence-electron chi connectivity index (χ0n) is 14.6. The largest absolute Gasteiger partial charge is 0.453 e. The van der Waals surface area contributed by atoms with E-state index in [2.05, 4.69) is 28.5 Å². The monoisotopic (exact) mass is 345 g/mol. The van der Waals surface area contributed by atoms with E-state index < -0.39 is 6.17 Å². The Morgan fingerprint density at radius 3 is 2.62 bits per heavy atom. The maximum Gasteiger partial charge on any atom is 0.160 e. The molecular formula is C20H21N6-. The normalized spacial score (nSPS) is 15.8. The van der Waals surface area contributed by atoms with Gasteiger partial charge in [-0.05, 0) is 37.3 Å². The number of hydrogen-bond acceptors (Lipinski definition) is 4. The Balaban J connectivity index is 1.87. The van der Waals surface area contributed by atoms with Crippen molar-refractivity contribution in [2.45, 2.75) is 31.8 Å². The molecule has 4 N–H and O–H groups in total. The highest BCUT2D eigenvalue weighted by Gasteiger charge is 2.26. The molecule has 0 bridgehead atoms. The van der Waals surface area contributed by atoms with E-state index in [1.54, 1.807) is 6.92 Å². The third kappa shape index (κ3) is 3.36. The Morgan fingerprint density at radius 1 is 1.12 bits per heavy atom. The molecule has 1 atom stereocenters. The predicted molar refractivity (Wildman–Crippen MR) is 105 cm³/mol. The molecule has 1 unspecified atom stereocenters. The summed E-state index contributed by atoms with van der Waals surface area (Å²) in [5, 5.41) is 4.92. The van der Waals surface area contributed by atoms with Crippen LogP contribution in [0.3, 0.4) is 0 Å². The summed E-state index contributed by atoms with van der Waals surface area (Å²) < 4.78 is 0. The van der Waals surface area contributed by atoms with E-state index in [1.165, 1.54) is 18.4 Å². The summed E-state index contributed by atoms with van der Waals surface area (Å²) in [4.78, 5) is 13.9. The molecule has 0 spiro atoms. The molecule has 6 nitrogen and oxygen atoms in total. The van der Waals surface area contributed by atoms with E-state index in [0.717, 1.165) is 16.5 Å². The van der Waals surface area contributed by atoms with Gasteiger partial charge in [0.05, 0.1) is 11.3 Å². The molecule has 1 fully saturated rings. The zero-order valence-corrected chi connectivity index (χ0v) is 14.6. The summed E-state index contributed by atoms with van der Waals surface area (Å²) in [5.41, 5.74) is 14.8. The smallest absolute Gasteiger partial charge is 0.160 e. The molecule has 0 saturated heterocycles. The van der Waals surface area contributed by atoms with Gasteiger partial charge < -0.3 is 21.8 Å². The number of guanidine groups is 1. The molecule has 2 aromatic carbocycles. The average Bonchev–Trinajstić information content (AvgIpc) is 3.46. The van der Waals surface area contributed by atoms with Gasteiger partial charge in [-0.2, -0.15) is 0 Å². The molecule has 1 aliphatic carbocycles. The van der Waals surface area contributed by atoms with Crippen molar-refractivity contribution >= 4 is 22.7 Å². The van der Waals surface area contributed by atoms with Crippen LogP contribution in [-0.2, 0) is 0 Å². The molecule has 1 aliphatic rings. The maximum absolute atomic E-state index is 5.92. The first-order valence-corrected chi connectivity index (χ1v) is 8.78. The minimum absolute atomic E-state index is 0.116. The van der Waals surface area contributed by atoms with Gasteiger partial charge in [-0.25, -0.2) is 9.97 Å². The average molecular weight is 345 g/mol. The number of benzene rings is 2. The van der Waals surface area contributed by atoms with Crippen LogP contribution >= 0.6 is 0 Å².